The smallest absolute Gasteiger partial charge is 0.168 e. The predicted molar refractivity (Wildman–Crippen MR) is 66.3 cm³/mol. The van der Waals surface area contributed by atoms with Gasteiger partial charge >= 0.3 is 0 Å². The average Bonchev–Trinajstić information content (AvgIpc) is 2.80. The molecule has 0 N–H and O–H groups in total. The molecular weight excluding hydrogens is 204 g/mol. The van der Waals surface area contributed by atoms with Crippen molar-refractivity contribution in [2.75, 3.05) is 5.75 Å². The van der Waals surface area contributed by atoms with Crippen LogP contribution in [0.1, 0.15) is 51.4 Å². The van der Waals surface area contributed by atoms with Crippen LogP contribution in [-0.4, -0.2) is 16.8 Å². The Labute approximate surface area is 96.7 Å². The Kier molecular flexibility index (Phi) is 4.30. The molecule has 0 saturated heterocycles. The summed E-state index contributed by atoms with van der Waals surface area (Å²) < 4.78 is 0. The van der Waals surface area contributed by atoms with Crippen molar-refractivity contribution in [1.29, 1.82) is 0 Å². The summed E-state index contributed by atoms with van der Waals surface area (Å²) in [7, 11) is 0. The van der Waals surface area contributed by atoms with Crippen molar-refractivity contribution in [3.8, 4) is 0 Å². The van der Waals surface area contributed by atoms with Crippen LogP contribution in [0.15, 0.2) is 11.6 Å². The lowest BCUT2D eigenvalue weighted by atomic mass is 9.97. The number of ketones is 1. The molecule has 1 fully saturated rings. The van der Waals surface area contributed by atoms with Gasteiger partial charge in [-0.15, -0.1) is 0 Å². The Morgan fingerprint density at radius 1 is 1.27 bits per heavy atom. The van der Waals surface area contributed by atoms with Gasteiger partial charge in [-0.25, -0.2) is 0 Å². The number of carbonyl (C=O) groups excluding carboxylic acids is 1. The first kappa shape index (κ1) is 11.3. The zero-order valence-corrected chi connectivity index (χ0v) is 10.2. The van der Waals surface area contributed by atoms with Gasteiger partial charge in [0.1, 0.15) is 0 Å². The van der Waals surface area contributed by atoms with Crippen LogP contribution in [-0.2, 0) is 4.79 Å². The first-order chi connectivity index (χ1) is 7.36. The Balaban J connectivity index is 1.73. The number of hydrogen-bond acceptors (Lipinski definition) is 2. The van der Waals surface area contributed by atoms with Gasteiger partial charge in [0, 0.05) is 5.25 Å². The Bertz CT molecular complexity index is 251. The lowest BCUT2D eigenvalue weighted by Gasteiger charge is -2.13. The van der Waals surface area contributed by atoms with Crippen molar-refractivity contribution >= 4 is 17.5 Å². The molecule has 0 amide bonds. The summed E-state index contributed by atoms with van der Waals surface area (Å²) in [6, 6.07) is 0. The summed E-state index contributed by atoms with van der Waals surface area (Å²) in [6.45, 7) is 0. The van der Waals surface area contributed by atoms with Crippen LogP contribution in [0.4, 0.5) is 0 Å². The third-order valence-corrected chi connectivity index (χ3v) is 4.77. The van der Waals surface area contributed by atoms with Crippen molar-refractivity contribution in [2.45, 2.75) is 56.6 Å². The van der Waals surface area contributed by atoms with Gasteiger partial charge in [-0.3, -0.25) is 4.79 Å². The molecule has 2 aliphatic rings. The van der Waals surface area contributed by atoms with E-state index in [0.717, 1.165) is 29.4 Å². The zero-order chi connectivity index (χ0) is 10.5. The monoisotopic (exact) mass is 224 g/mol. The number of Topliss-reactive ketones (excluding diaryl/α,β-unsaturated/α-hetero) is 1. The fourth-order valence-electron chi connectivity index (χ4n) is 2.43. The second-order valence-corrected chi connectivity index (χ2v) is 5.90. The summed E-state index contributed by atoms with van der Waals surface area (Å²) in [5, 5.41) is 0.776. The fourth-order valence-corrected chi connectivity index (χ4v) is 3.67. The molecule has 0 atom stereocenters. The highest BCUT2D eigenvalue weighted by Gasteiger charge is 2.18. The van der Waals surface area contributed by atoms with Crippen LogP contribution in [0.25, 0.3) is 0 Å². The first-order valence-corrected chi connectivity index (χ1v) is 7.25. The summed E-state index contributed by atoms with van der Waals surface area (Å²) in [5.41, 5.74) is 1.12. The third kappa shape index (κ3) is 3.37. The van der Waals surface area contributed by atoms with E-state index in [0.29, 0.717) is 5.78 Å². The van der Waals surface area contributed by atoms with Crippen LogP contribution >= 0.6 is 11.8 Å². The normalized spacial score (nSPS) is 22.8. The minimum absolute atomic E-state index is 0.409. The molecule has 1 nitrogen and oxygen atoms in total. The van der Waals surface area contributed by atoms with Gasteiger partial charge in [0.05, 0.1) is 5.75 Å². The molecule has 0 bridgehead atoms. The van der Waals surface area contributed by atoms with Crippen molar-refractivity contribution in [1.82, 2.24) is 0 Å². The Hall–Kier alpha value is -0.240. The summed E-state index contributed by atoms with van der Waals surface area (Å²) >= 11 is 1.90. The number of carbonyl (C=O) groups is 1. The van der Waals surface area contributed by atoms with E-state index in [2.05, 4.69) is 6.08 Å². The number of allylic oxidation sites excluding steroid dienone is 2. The molecule has 0 aromatic carbocycles. The molecule has 0 spiro atoms. The van der Waals surface area contributed by atoms with Crippen LogP contribution in [0, 0.1) is 0 Å². The fraction of sp³-hybridized carbons (Fsp3) is 0.769. The highest BCUT2D eigenvalue weighted by Crippen LogP contribution is 2.30. The summed E-state index contributed by atoms with van der Waals surface area (Å²) in [6.07, 6.45) is 12.2. The van der Waals surface area contributed by atoms with E-state index in [1.165, 1.54) is 38.5 Å². The molecule has 0 radical (unpaired) electrons. The zero-order valence-electron chi connectivity index (χ0n) is 9.34. The average molecular weight is 224 g/mol. The predicted octanol–water partition coefficient (Wildman–Crippen LogP) is 3.73. The van der Waals surface area contributed by atoms with E-state index >= 15 is 0 Å². The molecule has 15 heavy (non-hydrogen) atoms. The van der Waals surface area contributed by atoms with E-state index in [1.54, 1.807) is 0 Å². The second-order valence-electron chi connectivity index (χ2n) is 4.62. The quantitative estimate of drug-likeness (QED) is 0.723. The molecule has 0 aliphatic heterocycles. The molecule has 0 aromatic heterocycles. The first-order valence-electron chi connectivity index (χ1n) is 6.20. The van der Waals surface area contributed by atoms with Crippen molar-refractivity contribution in [2.24, 2.45) is 0 Å². The van der Waals surface area contributed by atoms with Gasteiger partial charge in [-0.2, -0.15) is 11.8 Å². The van der Waals surface area contributed by atoms with Gasteiger partial charge in [-0.1, -0.05) is 18.9 Å². The molecule has 1 saturated carbocycles. The van der Waals surface area contributed by atoms with Gasteiger partial charge in [-0.05, 0) is 44.1 Å². The van der Waals surface area contributed by atoms with Crippen molar-refractivity contribution in [3.63, 3.8) is 0 Å². The minimum atomic E-state index is 0.409. The number of hydrogen-bond donors (Lipinski definition) is 0. The number of rotatable bonds is 4. The maximum absolute atomic E-state index is 11.9. The minimum Gasteiger partial charge on any atom is -0.294 e. The van der Waals surface area contributed by atoms with Crippen LogP contribution in [0.5, 0.6) is 0 Å². The van der Waals surface area contributed by atoms with E-state index < -0.39 is 0 Å². The molecule has 0 unspecified atom stereocenters. The SMILES string of the molecule is O=C(CSC1CCCC1)C1=CCCCC1. The topological polar surface area (TPSA) is 17.1 Å². The molecule has 2 aliphatic carbocycles. The van der Waals surface area contributed by atoms with E-state index in [1.807, 2.05) is 11.8 Å². The molecule has 0 heterocycles. The number of thioether (sulfide) groups is 1. The van der Waals surface area contributed by atoms with Gasteiger partial charge < -0.3 is 0 Å². The Morgan fingerprint density at radius 2 is 2.07 bits per heavy atom. The molecule has 84 valence electrons. The lowest BCUT2D eigenvalue weighted by Crippen LogP contribution is -2.10. The van der Waals surface area contributed by atoms with Gasteiger partial charge in [0.15, 0.2) is 5.78 Å². The van der Waals surface area contributed by atoms with Crippen molar-refractivity contribution < 1.29 is 4.79 Å². The summed E-state index contributed by atoms with van der Waals surface area (Å²) in [4.78, 5) is 11.9. The van der Waals surface area contributed by atoms with Crippen LogP contribution in [0.3, 0.4) is 0 Å². The van der Waals surface area contributed by atoms with Gasteiger partial charge in [0.25, 0.3) is 0 Å². The van der Waals surface area contributed by atoms with Gasteiger partial charge in [0.2, 0.25) is 0 Å². The van der Waals surface area contributed by atoms with Crippen LogP contribution < -0.4 is 0 Å². The highest BCUT2D eigenvalue weighted by atomic mass is 32.2. The molecule has 0 aromatic rings. The highest BCUT2D eigenvalue weighted by molar-refractivity contribution is 8.00. The maximum Gasteiger partial charge on any atom is 0.168 e. The third-order valence-electron chi connectivity index (χ3n) is 3.40. The summed E-state index contributed by atoms with van der Waals surface area (Å²) in [5.74, 6) is 1.14. The Morgan fingerprint density at radius 3 is 2.73 bits per heavy atom. The maximum atomic E-state index is 11.9. The lowest BCUT2D eigenvalue weighted by molar-refractivity contribution is -0.113. The van der Waals surface area contributed by atoms with E-state index in [4.69, 9.17) is 0 Å². The molecule has 2 heteroatoms. The van der Waals surface area contributed by atoms with E-state index in [9.17, 15) is 4.79 Å². The van der Waals surface area contributed by atoms with Crippen LogP contribution in [0.2, 0.25) is 0 Å². The standard InChI is InChI=1S/C13H20OS/c14-13(11-6-2-1-3-7-11)10-15-12-8-4-5-9-12/h6,12H,1-5,7-10H2. The van der Waals surface area contributed by atoms with E-state index in [-0.39, 0.29) is 0 Å². The molecular formula is C13H20OS. The van der Waals surface area contributed by atoms with Crippen molar-refractivity contribution in [3.05, 3.63) is 11.6 Å². The largest absolute Gasteiger partial charge is 0.294 e. The second kappa shape index (κ2) is 5.74. The molecule has 2 rings (SSSR count).